The molecule has 2 aliphatic heterocycles. The van der Waals surface area contributed by atoms with Crippen LogP contribution in [0.3, 0.4) is 0 Å². The van der Waals surface area contributed by atoms with Gasteiger partial charge in [-0.3, -0.25) is 9.59 Å². The highest BCUT2D eigenvalue weighted by atomic mass is 32.2. The van der Waals surface area contributed by atoms with Gasteiger partial charge in [0, 0.05) is 17.2 Å². The van der Waals surface area contributed by atoms with Crippen LogP contribution in [-0.4, -0.2) is 31.6 Å². The Kier molecular flexibility index (Phi) is 2.99. The Morgan fingerprint density at radius 1 is 1.33 bits per heavy atom. The summed E-state index contributed by atoms with van der Waals surface area (Å²) in [5.74, 6) is -0.676. The lowest BCUT2D eigenvalue weighted by Crippen LogP contribution is -2.27. The smallest absolute Gasteiger partial charge is 0.234 e. The zero-order valence-corrected chi connectivity index (χ0v) is 12.8. The highest BCUT2D eigenvalue weighted by Gasteiger charge is 2.39. The van der Waals surface area contributed by atoms with E-state index in [1.165, 1.54) is 0 Å². The standard InChI is InChI=1S/C15H17NO4S/c1-15(2)11-7-9(3-4-12(11)16-14(15)18)13(17)10-5-6-21(19,20)8-10/h3-4,7,10H,5-6,8H2,1-2H3,(H,16,18). The second-order valence-electron chi connectivity index (χ2n) is 6.30. The Balaban J connectivity index is 1.94. The summed E-state index contributed by atoms with van der Waals surface area (Å²) in [6, 6.07) is 5.10. The lowest BCUT2D eigenvalue weighted by Gasteiger charge is -2.16. The molecule has 0 spiro atoms. The Morgan fingerprint density at radius 2 is 2.05 bits per heavy atom. The average molecular weight is 307 g/mol. The first-order valence-electron chi connectivity index (χ1n) is 6.91. The Bertz CT molecular complexity index is 749. The number of fused-ring (bicyclic) bond motifs is 1. The molecule has 1 unspecified atom stereocenters. The van der Waals surface area contributed by atoms with Crippen LogP contribution in [0.25, 0.3) is 0 Å². The predicted molar refractivity (Wildman–Crippen MR) is 79.2 cm³/mol. The lowest BCUT2D eigenvalue weighted by atomic mass is 9.84. The molecule has 1 aromatic rings. The van der Waals surface area contributed by atoms with E-state index in [1.54, 1.807) is 18.2 Å². The van der Waals surface area contributed by atoms with Crippen molar-refractivity contribution >= 4 is 27.2 Å². The van der Waals surface area contributed by atoms with Gasteiger partial charge in [0.05, 0.1) is 16.9 Å². The van der Waals surface area contributed by atoms with Crippen molar-refractivity contribution in [3.05, 3.63) is 29.3 Å². The summed E-state index contributed by atoms with van der Waals surface area (Å²) in [5, 5.41) is 2.79. The van der Waals surface area contributed by atoms with Crippen LogP contribution in [0.2, 0.25) is 0 Å². The number of benzene rings is 1. The third-order valence-electron chi connectivity index (χ3n) is 4.40. The first kappa shape index (κ1) is 14.3. The van der Waals surface area contributed by atoms with Gasteiger partial charge < -0.3 is 5.32 Å². The Hall–Kier alpha value is -1.69. The van der Waals surface area contributed by atoms with Crippen LogP contribution in [0.1, 0.15) is 36.2 Å². The normalized spacial score (nSPS) is 25.4. The van der Waals surface area contributed by atoms with E-state index in [2.05, 4.69) is 5.32 Å². The topological polar surface area (TPSA) is 80.3 Å². The number of amides is 1. The maximum atomic E-state index is 12.5. The summed E-state index contributed by atoms with van der Waals surface area (Å²) in [6.45, 7) is 3.62. The minimum absolute atomic E-state index is 0.0660. The summed E-state index contributed by atoms with van der Waals surface area (Å²) in [5.41, 5.74) is 1.33. The van der Waals surface area contributed by atoms with E-state index in [-0.39, 0.29) is 23.2 Å². The second-order valence-corrected chi connectivity index (χ2v) is 8.53. The summed E-state index contributed by atoms with van der Waals surface area (Å²) in [6.07, 6.45) is 0.388. The zero-order valence-electron chi connectivity index (χ0n) is 12.0. The molecule has 5 nitrogen and oxygen atoms in total. The molecular weight excluding hydrogens is 290 g/mol. The molecule has 1 amide bonds. The third-order valence-corrected chi connectivity index (χ3v) is 6.16. The van der Waals surface area contributed by atoms with E-state index >= 15 is 0 Å². The molecule has 0 saturated carbocycles. The van der Waals surface area contributed by atoms with Crippen LogP contribution >= 0.6 is 0 Å². The van der Waals surface area contributed by atoms with Gasteiger partial charge in [-0.25, -0.2) is 8.42 Å². The largest absolute Gasteiger partial charge is 0.325 e. The van der Waals surface area contributed by atoms with Gasteiger partial charge in [-0.05, 0) is 44.0 Å². The molecule has 1 fully saturated rings. The van der Waals surface area contributed by atoms with Crippen LogP contribution in [0.5, 0.6) is 0 Å². The molecule has 0 aliphatic carbocycles. The van der Waals surface area contributed by atoms with Gasteiger partial charge in [0.25, 0.3) is 0 Å². The first-order chi connectivity index (χ1) is 9.71. The maximum absolute atomic E-state index is 12.5. The van der Waals surface area contributed by atoms with Crippen molar-refractivity contribution in [2.75, 3.05) is 16.8 Å². The number of ketones is 1. The van der Waals surface area contributed by atoms with Crippen LogP contribution in [0, 0.1) is 5.92 Å². The van der Waals surface area contributed by atoms with Crippen LogP contribution in [0.4, 0.5) is 5.69 Å². The van der Waals surface area contributed by atoms with Crippen LogP contribution in [0.15, 0.2) is 18.2 Å². The van der Waals surface area contributed by atoms with Gasteiger partial charge in [-0.1, -0.05) is 0 Å². The number of rotatable bonds is 2. The van der Waals surface area contributed by atoms with Crippen molar-refractivity contribution in [3.63, 3.8) is 0 Å². The Morgan fingerprint density at radius 3 is 2.67 bits per heavy atom. The van der Waals surface area contributed by atoms with Crippen molar-refractivity contribution in [1.29, 1.82) is 0 Å². The van der Waals surface area contributed by atoms with E-state index < -0.39 is 21.2 Å². The molecule has 21 heavy (non-hydrogen) atoms. The van der Waals surface area contributed by atoms with Crippen LogP contribution in [-0.2, 0) is 20.0 Å². The number of anilines is 1. The molecule has 0 radical (unpaired) electrons. The van der Waals surface area contributed by atoms with E-state index in [0.717, 1.165) is 11.3 Å². The third kappa shape index (κ3) is 2.27. The van der Waals surface area contributed by atoms with Gasteiger partial charge in [0.1, 0.15) is 0 Å². The van der Waals surface area contributed by atoms with E-state index in [0.29, 0.717) is 12.0 Å². The zero-order chi connectivity index (χ0) is 15.4. The highest BCUT2D eigenvalue weighted by Crippen LogP contribution is 2.38. The molecule has 1 saturated heterocycles. The molecule has 3 rings (SSSR count). The number of Topliss-reactive ketones (excluding diaryl/α,β-unsaturated/α-hetero) is 1. The molecular formula is C15H17NO4S. The molecule has 2 aliphatic rings. The van der Waals surface area contributed by atoms with Gasteiger partial charge in [-0.2, -0.15) is 0 Å². The number of carbonyl (C=O) groups excluding carboxylic acids is 2. The van der Waals surface area contributed by atoms with Gasteiger partial charge in [0.2, 0.25) is 5.91 Å². The van der Waals surface area contributed by atoms with Crippen molar-refractivity contribution in [2.45, 2.75) is 25.7 Å². The molecule has 1 aromatic carbocycles. The van der Waals surface area contributed by atoms with Crippen molar-refractivity contribution in [3.8, 4) is 0 Å². The van der Waals surface area contributed by atoms with Gasteiger partial charge in [-0.15, -0.1) is 0 Å². The van der Waals surface area contributed by atoms with Crippen molar-refractivity contribution in [2.24, 2.45) is 5.92 Å². The fourth-order valence-electron chi connectivity index (χ4n) is 2.96. The maximum Gasteiger partial charge on any atom is 0.234 e. The van der Waals surface area contributed by atoms with E-state index in [9.17, 15) is 18.0 Å². The van der Waals surface area contributed by atoms with Crippen LogP contribution < -0.4 is 5.32 Å². The minimum Gasteiger partial charge on any atom is -0.325 e. The lowest BCUT2D eigenvalue weighted by molar-refractivity contribution is -0.119. The highest BCUT2D eigenvalue weighted by molar-refractivity contribution is 7.91. The molecule has 0 aromatic heterocycles. The number of hydrogen-bond donors (Lipinski definition) is 1. The summed E-state index contributed by atoms with van der Waals surface area (Å²) < 4.78 is 23.0. The molecule has 112 valence electrons. The summed E-state index contributed by atoms with van der Waals surface area (Å²) in [7, 11) is -3.08. The number of sulfone groups is 1. The quantitative estimate of drug-likeness (QED) is 0.840. The molecule has 1 N–H and O–H groups in total. The van der Waals surface area contributed by atoms with Gasteiger partial charge in [0.15, 0.2) is 15.6 Å². The van der Waals surface area contributed by atoms with E-state index in [1.807, 2.05) is 13.8 Å². The van der Waals surface area contributed by atoms with Crippen molar-refractivity contribution < 1.29 is 18.0 Å². The van der Waals surface area contributed by atoms with Crippen molar-refractivity contribution in [1.82, 2.24) is 0 Å². The monoisotopic (exact) mass is 307 g/mol. The minimum atomic E-state index is -3.08. The average Bonchev–Trinajstić information content (AvgIpc) is 2.87. The first-order valence-corrected chi connectivity index (χ1v) is 8.73. The predicted octanol–water partition coefficient (Wildman–Crippen LogP) is 1.53. The molecule has 0 bridgehead atoms. The summed E-state index contributed by atoms with van der Waals surface area (Å²) in [4.78, 5) is 24.4. The molecule has 1 atom stereocenters. The second kappa shape index (κ2) is 4.40. The number of nitrogens with one attached hydrogen (secondary N) is 1. The SMILES string of the molecule is CC1(C)C(=O)Nc2ccc(C(=O)C3CCS(=O)(=O)C3)cc21. The Labute approximate surface area is 123 Å². The summed E-state index contributed by atoms with van der Waals surface area (Å²) >= 11 is 0. The van der Waals surface area contributed by atoms with E-state index in [4.69, 9.17) is 0 Å². The molecule has 6 heteroatoms. The molecule has 2 heterocycles. The fraction of sp³-hybridized carbons (Fsp3) is 0.467. The number of carbonyl (C=O) groups is 2. The van der Waals surface area contributed by atoms with Gasteiger partial charge >= 0.3 is 0 Å². The number of hydrogen-bond acceptors (Lipinski definition) is 4. The fourth-order valence-corrected chi connectivity index (χ4v) is 4.70.